The number of amides is 2. The minimum absolute atomic E-state index is 0.219. The van der Waals surface area contributed by atoms with Gasteiger partial charge in [-0.3, -0.25) is 5.43 Å². The lowest BCUT2D eigenvalue weighted by atomic mass is 10.2. The molecule has 0 aliphatic heterocycles. The van der Waals surface area contributed by atoms with Crippen molar-refractivity contribution in [1.29, 1.82) is 0 Å². The third kappa shape index (κ3) is 8.80. The summed E-state index contributed by atoms with van der Waals surface area (Å²) in [5.74, 6) is 0. The first-order chi connectivity index (χ1) is 10.4. The lowest BCUT2D eigenvalue weighted by Crippen LogP contribution is -2.44. The Morgan fingerprint density at radius 3 is 2.36 bits per heavy atom. The van der Waals surface area contributed by atoms with Crippen LogP contribution >= 0.6 is 0 Å². The summed E-state index contributed by atoms with van der Waals surface area (Å²) in [6.07, 6.45) is -1.08. The molecule has 0 aliphatic carbocycles. The van der Waals surface area contributed by atoms with Crippen LogP contribution in [-0.4, -0.2) is 30.9 Å². The molecule has 0 atom stereocenters. The number of alkyl carbamates (subject to hydrolysis) is 1. The van der Waals surface area contributed by atoms with Gasteiger partial charge in [0.15, 0.2) is 0 Å². The van der Waals surface area contributed by atoms with Crippen molar-refractivity contribution in [3.8, 4) is 0 Å². The number of carbonyl (C=O) groups excluding carboxylic acids is 2. The van der Waals surface area contributed by atoms with Crippen molar-refractivity contribution < 1.29 is 19.1 Å². The van der Waals surface area contributed by atoms with Crippen molar-refractivity contribution in [2.24, 2.45) is 0 Å². The van der Waals surface area contributed by atoms with Crippen molar-refractivity contribution >= 4 is 12.2 Å². The Bertz CT molecular complexity index is 471. The Morgan fingerprint density at radius 1 is 1.05 bits per heavy atom. The van der Waals surface area contributed by atoms with Gasteiger partial charge in [0.1, 0.15) is 12.2 Å². The summed E-state index contributed by atoms with van der Waals surface area (Å²) in [4.78, 5) is 22.7. The molecule has 0 unspecified atom stereocenters. The zero-order valence-corrected chi connectivity index (χ0v) is 13.1. The van der Waals surface area contributed by atoms with Crippen LogP contribution in [0.1, 0.15) is 26.3 Å². The summed E-state index contributed by atoms with van der Waals surface area (Å²) in [7, 11) is 0. The molecule has 2 amide bonds. The monoisotopic (exact) mass is 309 g/mol. The van der Waals surface area contributed by atoms with Crippen LogP contribution in [0, 0.1) is 0 Å². The lowest BCUT2D eigenvalue weighted by molar-refractivity contribution is 0.0499. The molecular weight excluding hydrogens is 286 g/mol. The van der Waals surface area contributed by atoms with Crippen LogP contribution in [0.4, 0.5) is 9.59 Å². The molecule has 0 bridgehead atoms. The first-order valence-electron chi connectivity index (χ1n) is 7.03. The Hall–Kier alpha value is -2.28. The number of benzene rings is 1. The van der Waals surface area contributed by atoms with Crippen LogP contribution in [0.25, 0.3) is 0 Å². The second-order valence-corrected chi connectivity index (χ2v) is 5.54. The highest BCUT2D eigenvalue weighted by Crippen LogP contribution is 2.05. The molecule has 0 spiro atoms. The first-order valence-corrected chi connectivity index (χ1v) is 7.03. The Kier molecular flexibility index (Phi) is 7.18. The summed E-state index contributed by atoms with van der Waals surface area (Å²) in [5, 5.41) is 2.56. The Morgan fingerprint density at radius 2 is 1.73 bits per heavy atom. The molecule has 1 rings (SSSR count). The van der Waals surface area contributed by atoms with Gasteiger partial charge in [-0.25, -0.2) is 15.0 Å². The fourth-order valence-electron chi connectivity index (χ4n) is 1.44. The summed E-state index contributed by atoms with van der Waals surface area (Å²) in [5.41, 5.74) is 5.38. The fourth-order valence-corrected chi connectivity index (χ4v) is 1.44. The Balaban J connectivity index is 2.04. The van der Waals surface area contributed by atoms with Gasteiger partial charge in [0.25, 0.3) is 0 Å². The average Bonchev–Trinajstić information content (AvgIpc) is 2.44. The van der Waals surface area contributed by atoms with E-state index in [0.29, 0.717) is 13.1 Å². The van der Waals surface area contributed by atoms with E-state index in [1.54, 1.807) is 20.8 Å². The zero-order valence-electron chi connectivity index (χ0n) is 13.1. The third-order valence-electron chi connectivity index (χ3n) is 2.32. The van der Waals surface area contributed by atoms with Gasteiger partial charge >= 0.3 is 12.2 Å². The van der Waals surface area contributed by atoms with E-state index >= 15 is 0 Å². The number of rotatable bonds is 6. The third-order valence-corrected chi connectivity index (χ3v) is 2.32. The van der Waals surface area contributed by atoms with Gasteiger partial charge in [0.2, 0.25) is 0 Å². The minimum atomic E-state index is -0.570. The average molecular weight is 309 g/mol. The topological polar surface area (TPSA) is 88.7 Å². The van der Waals surface area contributed by atoms with Crippen LogP contribution < -0.4 is 16.2 Å². The molecule has 0 fully saturated rings. The molecule has 0 aromatic heterocycles. The van der Waals surface area contributed by atoms with E-state index in [-0.39, 0.29) is 6.61 Å². The molecule has 0 heterocycles. The van der Waals surface area contributed by atoms with E-state index in [1.807, 2.05) is 30.3 Å². The van der Waals surface area contributed by atoms with Crippen LogP contribution in [0.3, 0.4) is 0 Å². The largest absolute Gasteiger partial charge is 0.445 e. The number of hydrogen-bond donors (Lipinski definition) is 3. The number of carbonyl (C=O) groups is 2. The number of nitrogens with one attached hydrogen (secondary N) is 3. The number of hydrazine groups is 1. The predicted molar refractivity (Wildman–Crippen MR) is 82.0 cm³/mol. The molecule has 0 saturated heterocycles. The van der Waals surface area contributed by atoms with Crippen molar-refractivity contribution in [3.63, 3.8) is 0 Å². The maximum absolute atomic E-state index is 11.4. The minimum Gasteiger partial charge on any atom is -0.445 e. The molecule has 1 aromatic carbocycles. The number of ether oxygens (including phenoxy) is 2. The molecule has 0 radical (unpaired) electrons. The molecule has 1 aromatic rings. The SMILES string of the molecule is CC(C)(C)OC(=O)NNCCNC(=O)OCc1ccccc1. The fraction of sp³-hybridized carbons (Fsp3) is 0.467. The zero-order chi connectivity index (χ0) is 16.4. The van der Waals surface area contributed by atoms with Crippen LogP contribution in [0.15, 0.2) is 30.3 Å². The van der Waals surface area contributed by atoms with E-state index in [1.165, 1.54) is 0 Å². The second-order valence-electron chi connectivity index (χ2n) is 5.54. The van der Waals surface area contributed by atoms with E-state index in [0.717, 1.165) is 5.56 Å². The van der Waals surface area contributed by atoms with Gasteiger partial charge in [-0.1, -0.05) is 30.3 Å². The highest BCUT2D eigenvalue weighted by molar-refractivity contribution is 5.67. The smallest absolute Gasteiger partial charge is 0.422 e. The van der Waals surface area contributed by atoms with E-state index in [4.69, 9.17) is 9.47 Å². The molecule has 22 heavy (non-hydrogen) atoms. The summed E-state index contributed by atoms with van der Waals surface area (Å²) < 4.78 is 10.1. The van der Waals surface area contributed by atoms with Gasteiger partial charge in [-0.2, -0.15) is 0 Å². The Labute approximate surface area is 130 Å². The molecule has 0 aliphatic rings. The molecular formula is C15H23N3O4. The summed E-state index contributed by atoms with van der Waals surface area (Å²) in [6.45, 7) is 6.20. The molecule has 7 nitrogen and oxygen atoms in total. The van der Waals surface area contributed by atoms with Crippen molar-refractivity contribution in [2.45, 2.75) is 33.0 Å². The molecule has 3 N–H and O–H groups in total. The highest BCUT2D eigenvalue weighted by atomic mass is 16.6. The first kappa shape index (κ1) is 17.8. The second kappa shape index (κ2) is 8.89. The van der Waals surface area contributed by atoms with Gasteiger partial charge < -0.3 is 14.8 Å². The van der Waals surface area contributed by atoms with Gasteiger partial charge in [-0.15, -0.1) is 0 Å². The van der Waals surface area contributed by atoms with Crippen molar-refractivity contribution in [3.05, 3.63) is 35.9 Å². The van der Waals surface area contributed by atoms with E-state index in [2.05, 4.69) is 16.2 Å². The predicted octanol–water partition coefficient (Wildman–Crippen LogP) is 1.94. The quantitative estimate of drug-likeness (QED) is 0.552. The maximum Gasteiger partial charge on any atom is 0.422 e. The van der Waals surface area contributed by atoms with Gasteiger partial charge in [-0.05, 0) is 26.3 Å². The summed E-state index contributed by atoms with van der Waals surface area (Å²) in [6, 6.07) is 9.40. The van der Waals surface area contributed by atoms with Crippen LogP contribution in [0.5, 0.6) is 0 Å². The normalized spacial score (nSPS) is 10.7. The maximum atomic E-state index is 11.4. The van der Waals surface area contributed by atoms with Gasteiger partial charge in [0.05, 0.1) is 0 Å². The molecule has 7 heteroatoms. The van der Waals surface area contributed by atoms with E-state index in [9.17, 15) is 9.59 Å². The molecule has 122 valence electrons. The van der Waals surface area contributed by atoms with Gasteiger partial charge in [0, 0.05) is 13.1 Å². The van der Waals surface area contributed by atoms with E-state index < -0.39 is 17.8 Å². The summed E-state index contributed by atoms with van der Waals surface area (Å²) >= 11 is 0. The lowest BCUT2D eigenvalue weighted by Gasteiger charge is -2.19. The van der Waals surface area contributed by atoms with Crippen molar-refractivity contribution in [2.75, 3.05) is 13.1 Å². The number of hydrogen-bond acceptors (Lipinski definition) is 5. The standard InChI is InChI=1S/C15H23N3O4/c1-15(2,3)22-14(20)18-17-10-9-16-13(19)21-11-12-7-5-4-6-8-12/h4-8,17H,9-11H2,1-3H3,(H,16,19)(H,18,20). The highest BCUT2D eigenvalue weighted by Gasteiger charge is 2.15. The molecule has 0 saturated carbocycles. The van der Waals surface area contributed by atoms with Crippen molar-refractivity contribution in [1.82, 2.24) is 16.2 Å². The van der Waals surface area contributed by atoms with Crippen LogP contribution in [-0.2, 0) is 16.1 Å². The van der Waals surface area contributed by atoms with Crippen LogP contribution in [0.2, 0.25) is 0 Å².